The lowest BCUT2D eigenvalue weighted by molar-refractivity contribution is -0.141. The standard InChI is InChI=1S/C16H19F3N8/c17-16(18,19)13-8-14(27-15(24-13)20-11-22-27)23-12-9-21-26(10-12)7-6-25-4-2-1-3-5-25/h8-11,23H,1-7H2. The molecule has 0 amide bonds. The molecule has 0 spiro atoms. The molecule has 1 N–H and O–H groups in total. The molecular weight excluding hydrogens is 361 g/mol. The Balaban J connectivity index is 1.49. The van der Waals surface area contributed by atoms with E-state index in [9.17, 15) is 13.2 Å². The normalized spacial score (nSPS) is 16.1. The quantitative estimate of drug-likeness (QED) is 0.733. The lowest BCUT2D eigenvalue weighted by atomic mass is 10.1. The molecule has 0 aliphatic carbocycles. The molecule has 1 fully saturated rings. The summed E-state index contributed by atoms with van der Waals surface area (Å²) in [6.07, 6.45) is 3.67. The minimum atomic E-state index is -4.57. The van der Waals surface area contributed by atoms with Crippen LogP contribution in [0.3, 0.4) is 0 Å². The molecule has 11 heteroatoms. The van der Waals surface area contributed by atoms with Crippen LogP contribution < -0.4 is 5.32 Å². The third-order valence-electron chi connectivity index (χ3n) is 4.54. The van der Waals surface area contributed by atoms with Crippen LogP contribution in [-0.2, 0) is 12.7 Å². The molecule has 0 radical (unpaired) electrons. The Morgan fingerprint density at radius 3 is 2.67 bits per heavy atom. The van der Waals surface area contributed by atoms with Crippen molar-refractivity contribution >= 4 is 17.3 Å². The Morgan fingerprint density at radius 1 is 1.07 bits per heavy atom. The van der Waals surface area contributed by atoms with Gasteiger partial charge in [0.25, 0.3) is 5.78 Å². The summed E-state index contributed by atoms with van der Waals surface area (Å²) in [5.41, 5.74) is -0.451. The fourth-order valence-corrected chi connectivity index (χ4v) is 3.17. The molecule has 0 atom stereocenters. The number of aromatic nitrogens is 6. The topological polar surface area (TPSA) is 76.2 Å². The van der Waals surface area contributed by atoms with Gasteiger partial charge >= 0.3 is 6.18 Å². The molecule has 0 bridgehead atoms. The van der Waals surface area contributed by atoms with E-state index < -0.39 is 11.9 Å². The van der Waals surface area contributed by atoms with E-state index in [0.717, 1.165) is 38.6 Å². The fourth-order valence-electron chi connectivity index (χ4n) is 3.17. The number of halogens is 3. The lowest BCUT2D eigenvalue weighted by Gasteiger charge is -2.26. The maximum Gasteiger partial charge on any atom is 0.433 e. The van der Waals surface area contributed by atoms with Crippen molar-refractivity contribution < 1.29 is 13.2 Å². The van der Waals surface area contributed by atoms with Gasteiger partial charge in [-0.05, 0) is 25.9 Å². The van der Waals surface area contributed by atoms with Crippen LogP contribution in [0.15, 0.2) is 24.8 Å². The second kappa shape index (κ2) is 7.14. The van der Waals surface area contributed by atoms with Crippen molar-refractivity contribution in [2.75, 3.05) is 25.0 Å². The summed E-state index contributed by atoms with van der Waals surface area (Å²) < 4.78 is 42.2. The van der Waals surface area contributed by atoms with Crippen LogP contribution in [0.4, 0.5) is 24.7 Å². The monoisotopic (exact) mass is 380 g/mol. The number of anilines is 2. The van der Waals surface area contributed by atoms with E-state index in [4.69, 9.17) is 0 Å². The summed E-state index contributed by atoms with van der Waals surface area (Å²) in [5, 5.41) is 11.1. The molecule has 1 aliphatic rings. The Kier molecular flexibility index (Phi) is 4.68. The summed E-state index contributed by atoms with van der Waals surface area (Å²) in [5.74, 6) is 0.00483. The summed E-state index contributed by atoms with van der Waals surface area (Å²) in [4.78, 5) is 9.65. The zero-order chi connectivity index (χ0) is 18.9. The molecule has 27 heavy (non-hydrogen) atoms. The first-order chi connectivity index (χ1) is 13.0. The van der Waals surface area contributed by atoms with Gasteiger partial charge in [-0.15, -0.1) is 0 Å². The number of likely N-dealkylation sites (tertiary alicyclic amines) is 1. The van der Waals surface area contributed by atoms with Crippen molar-refractivity contribution in [1.29, 1.82) is 0 Å². The number of piperidine rings is 1. The van der Waals surface area contributed by atoms with Crippen LogP contribution in [-0.4, -0.2) is 53.9 Å². The van der Waals surface area contributed by atoms with Gasteiger partial charge in [0, 0.05) is 18.8 Å². The molecule has 0 aromatic carbocycles. The number of fused-ring (bicyclic) bond motifs is 1. The predicted octanol–water partition coefficient (Wildman–Crippen LogP) is 2.57. The van der Waals surface area contributed by atoms with Crippen LogP contribution in [0, 0.1) is 0 Å². The van der Waals surface area contributed by atoms with Gasteiger partial charge in [0.15, 0.2) is 5.69 Å². The zero-order valence-electron chi connectivity index (χ0n) is 14.5. The van der Waals surface area contributed by atoms with Gasteiger partial charge in [-0.25, -0.2) is 4.98 Å². The highest BCUT2D eigenvalue weighted by Gasteiger charge is 2.34. The largest absolute Gasteiger partial charge is 0.433 e. The van der Waals surface area contributed by atoms with E-state index in [2.05, 4.69) is 30.4 Å². The second-order valence-electron chi connectivity index (χ2n) is 6.52. The summed E-state index contributed by atoms with van der Waals surface area (Å²) in [6, 6.07) is 0.909. The lowest BCUT2D eigenvalue weighted by Crippen LogP contribution is -2.32. The summed E-state index contributed by atoms with van der Waals surface area (Å²) in [6.45, 7) is 3.84. The van der Waals surface area contributed by atoms with Crippen molar-refractivity contribution in [3.8, 4) is 0 Å². The van der Waals surface area contributed by atoms with Gasteiger partial charge in [0.2, 0.25) is 0 Å². The molecule has 1 aliphatic heterocycles. The van der Waals surface area contributed by atoms with E-state index in [-0.39, 0.29) is 11.6 Å². The van der Waals surface area contributed by atoms with Crippen molar-refractivity contribution in [3.05, 3.63) is 30.5 Å². The van der Waals surface area contributed by atoms with Gasteiger partial charge in [-0.1, -0.05) is 6.42 Å². The highest BCUT2D eigenvalue weighted by atomic mass is 19.4. The smallest absolute Gasteiger partial charge is 0.337 e. The highest BCUT2D eigenvalue weighted by molar-refractivity contribution is 5.57. The van der Waals surface area contributed by atoms with Crippen LogP contribution in [0.25, 0.3) is 5.78 Å². The Bertz CT molecular complexity index is 910. The van der Waals surface area contributed by atoms with Crippen LogP contribution in [0.2, 0.25) is 0 Å². The number of hydrogen-bond donors (Lipinski definition) is 1. The van der Waals surface area contributed by atoms with Crippen LogP contribution in [0.5, 0.6) is 0 Å². The van der Waals surface area contributed by atoms with E-state index in [1.165, 1.54) is 23.8 Å². The SMILES string of the molecule is FC(F)(F)c1cc(Nc2cnn(CCN3CCCCC3)c2)n2ncnc2n1. The molecule has 4 rings (SSSR count). The molecule has 4 heterocycles. The zero-order valence-corrected chi connectivity index (χ0v) is 14.5. The maximum atomic E-state index is 13.1. The van der Waals surface area contributed by atoms with Gasteiger partial charge in [-0.3, -0.25) is 4.68 Å². The van der Waals surface area contributed by atoms with Gasteiger partial charge in [-0.2, -0.15) is 32.9 Å². The van der Waals surface area contributed by atoms with E-state index in [1.807, 2.05) is 0 Å². The number of hydrogen-bond acceptors (Lipinski definition) is 6. The van der Waals surface area contributed by atoms with Crippen LogP contribution >= 0.6 is 0 Å². The molecule has 8 nitrogen and oxygen atoms in total. The molecule has 0 unspecified atom stereocenters. The first-order valence-electron chi connectivity index (χ1n) is 8.79. The molecule has 3 aromatic heterocycles. The Labute approximate surface area is 153 Å². The van der Waals surface area contributed by atoms with Crippen molar-refractivity contribution in [1.82, 2.24) is 34.3 Å². The van der Waals surface area contributed by atoms with E-state index in [1.54, 1.807) is 17.1 Å². The minimum Gasteiger partial charge on any atom is -0.337 e. The number of rotatable bonds is 5. The Morgan fingerprint density at radius 2 is 1.89 bits per heavy atom. The molecule has 3 aromatic rings. The van der Waals surface area contributed by atoms with Crippen molar-refractivity contribution in [2.45, 2.75) is 32.0 Å². The average molecular weight is 380 g/mol. The fraction of sp³-hybridized carbons (Fsp3) is 0.500. The molecule has 1 saturated heterocycles. The van der Waals surface area contributed by atoms with Gasteiger partial charge < -0.3 is 10.2 Å². The maximum absolute atomic E-state index is 13.1. The summed E-state index contributed by atoms with van der Waals surface area (Å²) >= 11 is 0. The Hall–Kier alpha value is -2.69. The summed E-state index contributed by atoms with van der Waals surface area (Å²) in [7, 11) is 0. The predicted molar refractivity (Wildman–Crippen MR) is 91.6 cm³/mol. The van der Waals surface area contributed by atoms with Crippen molar-refractivity contribution in [2.24, 2.45) is 0 Å². The first-order valence-corrected chi connectivity index (χ1v) is 8.79. The number of alkyl halides is 3. The number of nitrogens with one attached hydrogen (secondary N) is 1. The molecule has 144 valence electrons. The van der Waals surface area contributed by atoms with Crippen molar-refractivity contribution in [3.63, 3.8) is 0 Å². The average Bonchev–Trinajstić information content (AvgIpc) is 3.29. The van der Waals surface area contributed by atoms with E-state index >= 15 is 0 Å². The first kappa shape index (κ1) is 17.7. The van der Waals surface area contributed by atoms with Gasteiger partial charge in [0.05, 0.1) is 18.4 Å². The van der Waals surface area contributed by atoms with Crippen LogP contribution in [0.1, 0.15) is 25.0 Å². The third-order valence-corrected chi connectivity index (χ3v) is 4.54. The third kappa shape index (κ3) is 4.02. The molecular formula is C16H19F3N8. The minimum absolute atomic E-state index is 0.121. The second-order valence-corrected chi connectivity index (χ2v) is 6.52. The highest BCUT2D eigenvalue weighted by Crippen LogP contribution is 2.30. The number of nitrogens with zero attached hydrogens (tertiary/aromatic N) is 7. The van der Waals surface area contributed by atoms with E-state index in [0.29, 0.717) is 5.69 Å². The molecule has 0 saturated carbocycles. The van der Waals surface area contributed by atoms with Gasteiger partial charge in [0.1, 0.15) is 12.1 Å².